The maximum absolute atomic E-state index is 11.8. The molecule has 1 atom stereocenters. The van der Waals surface area contributed by atoms with Gasteiger partial charge in [-0.15, -0.1) is 0 Å². The Bertz CT molecular complexity index is 413. The first-order valence-corrected chi connectivity index (χ1v) is 6.56. The third kappa shape index (κ3) is 3.96. The lowest BCUT2D eigenvalue weighted by atomic mass is 9.89. The van der Waals surface area contributed by atoms with Gasteiger partial charge in [0.15, 0.2) is 0 Å². The zero-order chi connectivity index (χ0) is 13.7. The zero-order valence-corrected chi connectivity index (χ0v) is 11.3. The van der Waals surface area contributed by atoms with Gasteiger partial charge in [0.25, 0.3) is 0 Å². The van der Waals surface area contributed by atoms with Gasteiger partial charge in [-0.1, -0.05) is 19.8 Å². The van der Waals surface area contributed by atoms with E-state index < -0.39 is 5.97 Å². The van der Waals surface area contributed by atoms with Crippen LogP contribution in [-0.4, -0.2) is 13.1 Å². The molecule has 1 unspecified atom stereocenters. The van der Waals surface area contributed by atoms with E-state index in [9.17, 15) is 4.79 Å². The predicted molar refractivity (Wildman–Crippen MR) is 70.4 cm³/mol. The largest absolute Gasteiger partial charge is 0.497 e. The summed E-state index contributed by atoms with van der Waals surface area (Å²) in [5.74, 6) is 0.824. The molecule has 0 heterocycles. The molecule has 0 spiro atoms. The Balaban J connectivity index is 1.83. The maximum atomic E-state index is 11.8. The highest BCUT2D eigenvalue weighted by atomic mass is 17.2. The van der Waals surface area contributed by atoms with Crippen molar-refractivity contribution in [1.29, 1.82) is 0 Å². The Morgan fingerprint density at radius 3 is 2.63 bits per heavy atom. The summed E-state index contributed by atoms with van der Waals surface area (Å²) in [6.07, 6.45) is 4.91. The summed E-state index contributed by atoms with van der Waals surface area (Å²) in [5, 5.41) is 0. The van der Waals surface area contributed by atoms with Crippen LogP contribution in [0.1, 0.15) is 43.0 Å². The Morgan fingerprint density at radius 2 is 2.00 bits per heavy atom. The van der Waals surface area contributed by atoms with E-state index in [1.54, 1.807) is 31.4 Å². The van der Waals surface area contributed by atoms with Gasteiger partial charge < -0.3 is 4.74 Å². The summed E-state index contributed by atoms with van der Waals surface area (Å²) in [5.41, 5.74) is 0.449. The standard InChI is InChI=1S/C15H19O4/c1-11-4-3-5-14(10-11)18-19-15(16)12-6-8-13(17-2)9-7-12/h6-9,11H,3-5,10H2,1-2H3. The second kappa shape index (κ2) is 6.57. The van der Waals surface area contributed by atoms with Crippen LogP contribution in [-0.2, 0) is 9.78 Å². The van der Waals surface area contributed by atoms with Crippen molar-refractivity contribution >= 4 is 5.97 Å². The van der Waals surface area contributed by atoms with Crippen molar-refractivity contribution in [3.05, 3.63) is 35.9 Å². The van der Waals surface area contributed by atoms with Gasteiger partial charge in [-0.2, -0.15) is 4.89 Å². The fraction of sp³-hybridized carbons (Fsp3) is 0.467. The first-order chi connectivity index (χ1) is 9.19. The van der Waals surface area contributed by atoms with Gasteiger partial charge in [-0.05, 0) is 43.0 Å². The highest BCUT2D eigenvalue weighted by Gasteiger charge is 2.23. The summed E-state index contributed by atoms with van der Waals surface area (Å²) in [6.45, 7) is 2.17. The monoisotopic (exact) mass is 263 g/mol. The molecule has 19 heavy (non-hydrogen) atoms. The van der Waals surface area contributed by atoms with E-state index in [0.29, 0.717) is 17.2 Å². The quantitative estimate of drug-likeness (QED) is 0.616. The third-order valence-corrected chi connectivity index (χ3v) is 3.29. The maximum Gasteiger partial charge on any atom is 0.373 e. The summed E-state index contributed by atoms with van der Waals surface area (Å²) in [4.78, 5) is 21.8. The molecule has 1 fully saturated rings. The van der Waals surface area contributed by atoms with E-state index >= 15 is 0 Å². The Labute approximate surface area is 113 Å². The molecule has 1 radical (unpaired) electrons. The fourth-order valence-electron chi connectivity index (χ4n) is 2.19. The minimum Gasteiger partial charge on any atom is -0.497 e. The molecule has 0 N–H and O–H groups in total. The number of ether oxygens (including phenoxy) is 1. The minimum atomic E-state index is -0.478. The first kappa shape index (κ1) is 13.9. The van der Waals surface area contributed by atoms with E-state index in [2.05, 4.69) is 6.92 Å². The highest BCUT2D eigenvalue weighted by Crippen LogP contribution is 2.31. The highest BCUT2D eigenvalue weighted by molar-refractivity contribution is 5.89. The minimum absolute atomic E-state index is 0.449. The van der Waals surface area contributed by atoms with Crippen LogP contribution < -0.4 is 4.74 Å². The average molecular weight is 263 g/mol. The lowest BCUT2D eigenvalue weighted by Gasteiger charge is -2.23. The Morgan fingerprint density at radius 1 is 1.26 bits per heavy atom. The van der Waals surface area contributed by atoms with E-state index in [4.69, 9.17) is 14.5 Å². The van der Waals surface area contributed by atoms with E-state index in [-0.39, 0.29) is 0 Å². The smallest absolute Gasteiger partial charge is 0.373 e. The lowest BCUT2D eigenvalue weighted by molar-refractivity contribution is -0.241. The Hall–Kier alpha value is -1.55. The van der Waals surface area contributed by atoms with Crippen LogP contribution in [0.3, 0.4) is 0 Å². The molecule has 0 amide bonds. The molecule has 4 nitrogen and oxygen atoms in total. The van der Waals surface area contributed by atoms with Crippen molar-refractivity contribution < 1.29 is 19.3 Å². The van der Waals surface area contributed by atoms with Crippen LogP contribution >= 0.6 is 0 Å². The van der Waals surface area contributed by atoms with Crippen LogP contribution in [0.5, 0.6) is 5.75 Å². The van der Waals surface area contributed by atoms with Gasteiger partial charge in [0.2, 0.25) is 0 Å². The molecule has 0 bridgehead atoms. The normalized spacial score (nSPS) is 20.0. The van der Waals surface area contributed by atoms with Crippen molar-refractivity contribution in [2.45, 2.75) is 32.6 Å². The molecule has 0 aromatic heterocycles. The van der Waals surface area contributed by atoms with E-state index in [1.807, 2.05) is 0 Å². The first-order valence-electron chi connectivity index (χ1n) is 6.56. The van der Waals surface area contributed by atoms with E-state index in [1.165, 1.54) is 6.42 Å². The number of benzene rings is 1. The molecule has 0 saturated heterocycles. The van der Waals surface area contributed by atoms with Gasteiger partial charge in [0.1, 0.15) is 11.9 Å². The van der Waals surface area contributed by atoms with Crippen molar-refractivity contribution in [1.82, 2.24) is 0 Å². The number of rotatable bonds is 4. The van der Waals surface area contributed by atoms with Gasteiger partial charge >= 0.3 is 5.97 Å². The Kier molecular flexibility index (Phi) is 4.80. The van der Waals surface area contributed by atoms with Crippen molar-refractivity contribution in [2.75, 3.05) is 7.11 Å². The van der Waals surface area contributed by atoms with Crippen LogP contribution in [0.2, 0.25) is 0 Å². The average Bonchev–Trinajstić information content (AvgIpc) is 2.45. The summed E-state index contributed by atoms with van der Waals surface area (Å²) >= 11 is 0. The number of carbonyl (C=O) groups excluding carboxylic acids is 1. The molecule has 1 aromatic carbocycles. The van der Waals surface area contributed by atoms with Gasteiger partial charge in [-0.3, -0.25) is 4.89 Å². The molecular formula is C15H19O4. The number of hydrogen-bond donors (Lipinski definition) is 0. The predicted octanol–water partition coefficient (Wildman–Crippen LogP) is 3.53. The van der Waals surface area contributed by atoms with Gasteiger partial charge in [0.05, 0.1) is 12.7 Å². The van der Waals surface area contributed by atoms with Crippen LogP contribution in [0.25, 0.3) is 0 Å². The van der Waals surface area contributed by atoms with E-state index in [0.717, 1.165) is 25.4 Å². The molecule has 0 aliphatic heterocycles. The molecule has 103 valence electrons. The van der Waals surface area contributed by atoms with Crippen LogP contribution in [0.4, 0.5) is 0 Å². The third-order valence-electron chi connectivity index (χ3n) is 3.29. The number of hydrogen-bond acceptors (Lipinski definition) is 4. The van der Waals surface area contributed by atoms with Gasteiger partial charge in [0, 0.05) is 0 Å². The van der Waals surface area contributed by atoms with Gasteiger partial charge in [-0.25, -0.2) is 4.79 Å². The second-order valence-electron chi connectivity index (χ2n) is 4.92. The summed E-state index contributed by atoms with van der Waals surface area (Å²) in [6, 6.07) is 6.73. The van der Waals surface area contributed by atoms with Crippen LogP contribution in [0, 0.1) is 12.0 Å². The van der Waals surface area contributed by atoms with Crippen LogP contribution in [0.15, 0.2) is 24.3 Å². The van der Waals surface area contributed by atoms with Crippen molar-refractivity contribution in [2.24, 2.45) is 5.92 Å². The molecule has 1 aliphatic rings. The number of carbonyl (C=O) groups is 1. The lowest BCUT2D eigenvalue weighted by Crippen LogP contribution is -2.16. The van der Waals surface area contributed by atoms with Crippen molar-refractivity contribution in [3.63, 3.8) is 0 Å². The SMILES string of the molecule is COc1ccc(C(=O)OO[C]2CCCC(C)C2)cc1. The van der Waals surface area contributed by atoms with Crippen molar-refractivity contribution in [3.8, 4) is 5.75 Å². The fourth-order valence-corrected chi connectivity index (χ4v) is 2.19. The second-order valence-corrected chi connectivity index (χ2v) is 4.92. The summed E-state index contributed by atoms with van der Waals surface area (Å²) in [7, 11) is 1.58. The molecule has 1 aromatic rings. The number of methoxy groups -OCH3 is 1. The topological polar surface area (TPSA) is 44.8 Å². The molecule has 1 saturated carbocycles. The molecule has 2 rings (SSSR count). The molecule has 1 aliphatic carbocycles. The zero-order valence-electron chi connectivity index (χ0n) is 11.3. The molecule has 4 heteroatoms. The molecular weight excluding hydrogens is 244 g/mol. The summed E-state index contributed by atoms with van der Waals surface area (Å²) < 4.78 is 5.03.